The summed E-state index contributed by atoms with van der Waals surface area (Å²) in [6.45, 7) is 9.91. The van der Waals surface area contributed by atoms with E-state index >= 15 is 0 Å². The number of pyridine rings is 2. The number of carbonyl (C=O) groups is 1. The minimum atomic E-state index is -4.06. The summed E-state index contributed by atoms with van der Waals surface area (Å²) in [4.78, 5) is 26.1. The number of nitrogen functional groups attached to an aromatic ring is 1. The lowest BCUT2D eigenvalue weighted by molar-refractivity contribution is -0.149. The third kappa shape index (κ3) is 8.08. The number of nitrogens with zero attached hydrogens (tertiary/aromatic N) is 4. The van der Waals surface area contributed by atoms with Crippen molar-refractivity contribution in [2.24, 2.45) is 0 Å². The van der Waals surface area contributed by atoms with Crippen molar-refractivity contribution < 1.29 is 27.9 Å². The number of carbonyl (C=O) groups excluding carboxylic acids is 1. The van der Waals surface area contributed by atoms with E-state index in [0.717, 1.165) is 35.1 Å². The number of hydrogen-bond donors (Lipinski definition) is 2. The zero-order valence-corrected chi connectivity index (χ0v) is 26.3. The smallest absolute Gasteiger partial charge is 0.460 e. The number of esters is 1. The highest BCUT2D eigenvalue weighted by atomic mass is 31.2. The molecule has 232 valence electrons. The molecule has 4 aromatic rings. The maximum Gasteiger partial charge on any atom is 0.460 e. The average Bonchev–Trinajstić information content (AvgIpc) is 3.36. The first-order chi connectivity index (χ1) is 20.7. The van der Waals surface area contributed by atoms with Crippen molar-refractivity contribution in [2.45, 2.75) is 78.7 Å². The fraction of sp³-hybridized carbons (Fsp3) is 0.467. The Balaban J connectivity index is 1.65. The van der Waals surface area contributed by atoms with Crippen LogP contribution in [0.1, 0.15) is 65.7 Å². The molecule has 0 aliphatic carbocycles. The van der Waals surface area contributed by atoms with Gasteiger partial charge in [0.25, 0.3) is 0 Å². The second kappa shape index (κ2) is 14.7. The fourth-order valence-electron chi connectivity index (χ4n) is 4.84. The maximum atomic E-state index is 14.0. The molecule has 4 rings (SSSR count). The average molecular weight is 613 g/mol. The van der Waals surface area contributed by atoms with E-state index < -0.39 is 19.8 Å². The summed E-state index contributed by atoms with van der Waals surface area (Å²) in [5.41, 5.74) is 8.63. The molecule has 0 aliphatic rings. The summed E-state index contributed by atoms with van der Waals surface area (Å²) >= 11 is 0. The molecular formula is C30H41N6O6P. The topological polar surface area (TPSA) is 153 Å². The highest BCUT2D eigenvalue weighted by molar-refractivity contribution is 7.52. The Hall–Kier alpha value is -3.57. The largest absolute Gasteiger partial charge is 0.462 e. The van der Waals surface area contributed by atoms with Crippen LogP contribution in [0.4, 0.5) is 5.82 Å². The lowest BCUT2D eigenvalue weighted by Gasteiger charge is -2.25. The molecule has 12 nitrogen and oxygen atoms in total. The molecule has 0 unspecified atom stereocenters. The van der Waals surface area contributed by atoms with Gasteiger partial charge in [0.15, 0.2) is 5.82 Å². The van der Waals surface area contributed by atoms with Gasteiger partial charge in [-0.15, -0.1) is 0 Å². The van der Waals surface area contributed by atoms with Gasteiger partial charge in [-0.25, -0.2) is 19.5 Å². The van der Waals surface area contributed by atoms with Crippen molar-refractivity contribution in [3.63, 3.8) is 0 Å². The van der Waals surface area contributed by atoms with E-state index in [1.807, 2.05) is 31.2 Å². The van der Waals surface area contributed by atoms with E-state index in [4.69, 9.17) is 29.2 Å². The summed E-state index contributed by atoms with van der Waals surface area (Å²) in [5.74, 6) is 0.588. The van der Waals surface area contributed by atoms with Gasteiger partial charge in [-0.05, 0) is 52.7 Å². The number of ether oxygens (including phenoxy) is 2. The van der Waals surface area contributed by atoms with E-state index in [1.165, 1.54) is 6.20 Å². The molecular weight excluding hydrogens is 571 g/mol. The number of rotatable bonds is 16. The molecule has 3 atom stereocenters. The van der Waals surface area contributed by atoms with Crippen molar-refractivity contribution in [2.75, 3.05) is 18.9 Å². The molecule has 0 aliphatic heterocycles. The first-order valence-corrected chi connectivity index (χ1v) is 16.2. The van der Waals surface area contributed by atoms with Gasteiger partial charge >= 0.3 is 13.7 Å². The van der Waals surface area contributed by atoms with Crippen LogP contribution in [-0.4, -0.2) is 50.8 Å². The van der Waals surface area contributed by atoms with Crippen LogP contribution in [0.5, 0.6) is 5.88 Å². The Bertz CT molecular complexity index is 1560. The van der Waals surface area contributed by atoms with Crippen molar-refractivity contribution in [1.29, 1.82) is 0 Å². The fourth-order valence-corrected chi connectivity index (χ4v) is 6.30. The molecule has 0 saturated carbocycles. The van der Waals surface area contributed by atoms with Gasteiger partial charge in [0.2, 0.25) is 5.88 Å². The Morgan fingerprint density at radius 2 is 1.84 bits per heavy atom. The third-order valence-electron chi connectivity index (χ3n) is 6.67. The second-order valence-electron chi connectivity index (χ2n) is 10.4. The van der Waals surface area contributed by atoms with Crippen LogP contribution in [0, 0.1) is 0 Å². The molecule has 3 aromatic heterocycles. The molecule has 0 saturated heterocycles. The normalized spacial score (nSPS) is 14.6. The van der Waals surface area contributed by atoms with Gasteiger partial charge in [0.1, 0.15) is 24.0 Å². The van der Waals surface area contributed by atoms with E-state index in [0.29, 0.717) is 31.0 Å². The molecule has 43 heavy (non-hydrogen) atoms. The second-order valence-corrected chi connectivity index (χ2v) is 12.1. The van der Waals surface area contributed by atoms with Crippen LogP contribution in [0.2, 0.25) is 0 Å². The first-order valence-electron chi connectivity index (χ1n) is 14.6. The number of anilines is 1. The van der Waals surface area contributed by atoms with Gasteiger partial charge < -0.3 is 24.3 Å². The molecule has 0 fully saturated rings. The van der Waals surface area contributed by atoms with Crippen LogP contribution < -0.4 is 15.3 Å². The number of nitrogens with one attached hydrogen (secondary N) is 1. The number of para-hydroxylation sites is 1. The Morgan fingerprint density at radius 1 is 1.07 bits per heavy atom. The van der Waals surface area contributed by atoms with Crippen LogP contribution in [0.15, 0.2) is 48.7 Å². The number of fused-ring (bicyclic) bond motifs is 3. The first kappa shape index (κ1) is 32.3. The summed E-state index contributed by atoms with van der Waals surface area (Å²) in [5, 5.41) is 3.64. The predicted molar refractivity (Wildman–Crippen MR) is 166 cm³/mol. The number of aromatic nitrogens is 4. The van der Waals surface area contributed by atoms with Crippen LogP contribution in [0.3, 0.4) is 0 Å². The molecule has 0 amide bonds. The van der Waals surface area contributed by atoms with E-state index in [-0.39, 0.29) is 24.6 Å². The minimum Gasteiger partial charge on any atom is -0.462 e. The Labute approximate surface area is 251 Å². The van der Waals surface area contributed by atoms with E-state index in [2.05, 4.69) is 26.5 Å². The number of hydrogen-bond acceptors (Lipinski definition) is 10. The van der Waals surface area contributed by atoms with Crippen molar-refractivity contribution in [3.05, 3.63) is 54.5 Å². The lowest BCUT2D eigenvalue weighted by Crippen LogP contribution is -2.36. The summed E-state index contributed by atoms with van der Waals surface area (Å²) in [6, 6.07) is 11.7. The standard InChI is InChI=1S/C30H41N6O6P/c1-6-12-22(36-25(19-39-7-2)34-27-28(36)23-13-8-9-14-24(23)33-29(27)31)16-18-40-43(38,42-26-15-10-11-17-32-26)35-21(5)30(37)41-20(3)4/h8-11,13-15,17,20-22H,6-7,12,16,18-19H2,1-5H3,(H2,31,33)(H,35,38)/t21-,22+,43+/m0/s1. The van der Waals surface area contributed by atoms with E-state index in [9.17, 15) is 9.36 Å². The highest BCUT2D eigenvalue weighted by Gasteiger charge is 2.33. The van der Waals surface area contributed by atoms with Crippen molar-refractivity contribution in [1.82, 2.24) is 24.6 Å². The van der Waals surface area contributed by atoms with Crippen molar-refractivity contribution in [3.8, 4) is 5.88 Å². The maximum absolute atomic E-state index is 14.0. The molecule has 3 N–H and O–H groups in total. The van der Waals surface area contributed by atoms with Gasteiger partial charge in [0, 0.05) is 30.3 Å². The predicted octanol–water partition coefficient (Wildman–Crippen LogP) is 5.96. The van der Waals surface area contributed by atoms with Crippen molar-refractivity contribution >= 4 is 41.5 Å². The monoisotopic (exact) mass is 612 g/mol. The van der Waals surface area contributed by atoms with Crippen LogP contribution in [-0.2, 0) is 30.0 Å². The van der Waals surface area contributed by atoms with Crippen LogP contribution in [0.25, 0.3) is 21.9 Å². The molecule has 0 spiro atoms. The lowest BCUT2D eigenvalue weighted by atomic mass is 10.1. The number of imidazole rings is 1. The van der Waals surface area contributed by atoms with Gasteiger partial charge in [-0.2, -0.15) is 5.09 Å². The van der Waals surface area contributed by atoms with Gasteiger partial charge in [0.05, 0.1) is 23.7 Å². The van der Waals surface area contributed by atoms with E-state index in [1.54, 1.807) is 39.0 Å². The molecule has 1 aromatic carbocycles. The Morgan fingerprint density at radius 3 is 2.53 bits per heavy atom. The summed E-state index contributed by atoms with van der Waals surface area (Å²) in [7, 11) is -4.06. The zero-order chi connectivity index (χ0) is 31.0. The number of nitrogens with two attached hydrogens (primary N) is 1. The Kier molecular flexibility index (Phi) is 11.1. The number of benzene rings is 1. The minimum absolute atomic E-state index is 0.0416. The SMILES string of the molecule is CCC[C@H](CCO[P@](=O)(N[C@@H](C)C(=O)OC(C)C)Oc1ccccn1)n1c(COCC)nc2c(N)nc3ccccc3c21. The summed E-state index contributed by atoms with van der Waals surface area (Å²) in [6.07, 6.45) is 3.29. The summed E-state index contributed by atoms with van der Waals surface area (Å²) < 4.78 is 38.9. The van der Waals surface area contributed by atoms with Crippen LogP contribution >= 0.6 is 7.75 Å². The quantitative estimate of drug-likeness (QED) is 0.114. The zero-order valence-electron chi connectivity index (χ0n) is 25.4. The van der Waals surface area contributed by atoms with Gasteiger partial charge in [-0.3, -0.25) is 9.32 Å². The molecule has 13 heteroatoms. The molecule has 3 heterocycles. The highest BCUT2D eigenvalue weighted by Crippen LogP contribution is 2.45. The molecule has 0 bridgehead atoms. The van der Waals surface area contributed by atoms with Gasteiger partial charge in [-0.1, -0.05) is 37.6 Å². The third-order valence-corrected chi connectivity index (χ3v) is 8.32. The molecule has 0 radical (unpaired) electrons.